The van der Waals surface area contributed by atoms with Crippen LogP contribution < -0.4 is 17.0 Å². The molecule has 2 bridgehead atoms. The summed E-state index contributed by atoms with van der Waals surface area (Å²) < 4.78 is 56.8. The summed E-state index contributed by atoms with van der Waals surface area (Å²) in [5.41, 5.74) is 12.3. The van der Waals surface area contributed by atoms with Crippen molar-refractivity contribution in [2.45, 2.75) is 69.5 Å². The van der Waals surface area contributed by atoms with Gasteiger partial charge in [0.1, 0.15) is 24.2 Å². The van der Waals surface area contributed by atoms with Gasteiger partial charge < -0.3 is 20.9 Å². The molecule has 4 aromatic rings. The molecule has 3 aliphatic rings. The lowest BCUT2D eigenvalue weighted by Crippen LogP contribution is -2.32. The standard InChI is InChI=1S/C24H30FN10O6PS/c1-2-10-11-4-3-5-12-14(25)17(23(39-12)35-9-31-16-20(35)32-24(27)33-21(16)36)41-42(37,43)38-6-13(11)40-22(10)34-8-30-15-18(26)28-7-29-19(15)34/h7-14,17,22-23H,2-6H2,1H3,(H,37,43)(H2,26,28,29)(H3,27,32,33,36)/t10-,11+,12-,13-,14-,17-,22-,23-,42?/m1/s1. The molecular weight excluding hydrogens is 606 g/mol. The number of anilines is 2. The van der Waals surface area contributed by atoms with Crippen LogP contribution in [0, 0.1) is 11.8 Å². The second-order valence-corrected chi connectivity index (χ2v) is 13.8. The number of hydrogen-bond donors (Lipinski definition) is 4. The van der Waals surface area contributed by atoms with Gasteiger partial charge in [0, 0.05) is 5.92 Å². The van der Waals surface area contributed by atoms with Gasteiger partial charge in [-0.3, -0.25) is 28.0 Å². The summed E-state index contributed by atoms with van der Waals surface area (Å²) in [5.74, 6) is 0.0825. The fourth-order valence-electron chi connectivity index (χ4n) is 6.56. The Morgan fingerprint density at radius 3 is 2.60 bits per heavy atom. The number of rotatable bonds is 3. The zero-order valence-electron chi connectivity index (χ0n) is 22.9. The average molecular weight is 637 g/mol. The minimum atomic E-state index is -4.15. The summed E-state index contributed by atoms with van der Waals surface area (Å²) in [5, 5.41) is 0. The van der Waals surface area contributed by atoms with Crippen molar-refractivity contribution in [2.24, 2.45) is 11.8 Å². The lowest BCUT2D eigenvalue weighted by atomic mass is 9.83. The number of thiol groups is 1. The van der Waals surface area contributed by atoms with Crippen LogP contribution >= 0.6 is 19.0 Å². The Morgan fingerprint density at radius 2 is 1.81 bits per heavy atom. The van der Waals surface area contributed by atoms with Crippen LogP contribution in [0.15, 0.2) is 23.8 Å². The molecule has 0 aliphatic carbocycles. The summed E-state index contributed by atoms with van der Waals surface area (Å²) in [4.78, 5) is 35.7. The molecule has 16 nitrogen and oxygen atoms in total. The van der Waals surface area contributed by atoms with Crippen LogP contribution in [0.2, 0.25) is 0 Å². The molecule has 43 heavy (non-hydrogen) atoms. The molecule has 0 saturated carbocycles. The monoisotopic (exact) mass is 636 g/mol. The number of nitrogens with zero attached hydrogens (tertiary/aromatic N) is 7. The van der Waals surface area contributed by atoms with Crippen LogP contribution in [0.25, 0.3) is 22.3 Å². The molecule has 3 aliphatic heterocycles. The molecule has 0 aromatic carbocycles. The molecule has 4 aromatic heterocycles. The zero-order valence-corrected chi connectivity index (χ0v) is 24.7. The minimum absolute atomic E-state index is 0.00320. The predicted octanol–water partition coefficient (Wildman–Crippen LogP) is 2.52. The highest BCUT2D eigenvalue weighted by molar-refractivity contribution is 8.44. The second-order valence-electron chi connectivity index (χ2n) is 10.9. The highest BCUT2D eigenvalue weighted by Gasteiger charge is 2.52. The number of nitrogen functional groups attached to an aromatic ring is 2. The first-order valence-corrected chi connectivity index (χ1v) is 16.6. The number of aromatic amines is 1. The Hall–Kier alpha value is -3.15. The van der Waals surface area contributed by atoms with Crippen molar-refractivity contribution in [1.29, 1.82) is 0 Å². The summed E-state index contributed by atoms with van der Waals surface area (Å²) in [6, 6.07) is 0. The summed E-state index contributed by atoms with van der Waals surface area (Å²) in [6.07, 6.45) is 0.584. The van der Waals surface area contributed by atoms with Crippen LogP contribution in [0.5, 0.6) is 0 Å². The van der Waals surface area contributed by atoms with E-state index in [0.29, 0.717) is 30.4 Å². The van der Waals surface area contributed by atoms with Crippen LogP contribution in [-0.2, 0) is 23.1 Å². The van der Waals surface area contributed by atoms with Crippen molar-refractivity contribution in [3.05, 3.63) is 29.3 Å². The van der Waals surface area contributed by atoms with Gasteiger partial charge in [0.15, 0.2) is 35.0 Å². The molecule has 0 radical (unpaired) electrons. The number of aromatic nitrogens is 8. The van der Waals surface area contributed by atoms with Crippen LogP contribution in [0.1, 0.15) is 45.1 Å². The van der Waals surface area contributed by atoms with Crippen molar-refractivity contribution in [1.82, 2.24) is 39.0 Å². The van der Waals surface area contributed by atoms with Crippen molar-refractivity contribution >= 4 is 53.1 Å². The molecule has 3 fully saturated rings. The molecule has 9 atom stereocenters. The van der Waals surface area contributed by atoms with E-state index in [1.807, 2.05) is 4.57 Å². The molecule has 0 amide bonds. The number of hydrogen-bond acceptors (Lipinski definition) is 13. The van der Waals surface area contributed by atoms with E-state index in [-0.39, 0.29) is 41.4 Å². The fourth-order valence-corrected chi connectivity index (χ4v) is 8.01. The maximum atomic E-state index is 15.9. The molecule has 5 N–H and O–H groups in total. The Morgan fingerprint density at radius 1 is 1.07 bits per heavy atom. The number of nitrogens with two attached hydrogens (primary N) is 2. The number of nitrogens with one attached hydrogen (secondary N) is 1. The number of imidazole rings is 2. The van der Waals surface area contributed by atoms with E-state index in [1.165, 1.54) is 17.2 Å². The number of ether oxygens (including phenoxy) is 2. The Balaban J connectivity index is 1.18. The van der Waals surface area contributed by atoms with Crippen molar-refractivity contribution in [3.63, 3.8) is 0 Å². The van der Waals surface area contributed by atoms with Crippen LogP contribution in [0.4, 0.5) is 16.2 Å². The topological polar surface area (TPSA) is 213 Å². The number of alkyl halides is 1. The summed E-state index contributed by atoms with van der Waals surface area (Å²) in [6.45, 7) is -2.20. The van der Waals surface area contributed by atoms with E-state index in [0.717, 1.165) is 6.42 Å². The second kappa shape index (κ2) is 10.8. The first kappa shape index (κ1) is 28.6. The van der Waals surface area contributed by atoms with Gasteiger partial charge in [0.25, 0.3) is 5.56 Å². The van der Waals surface area contributed by atoms with Gasteiger partial charge in [0.2, 0.25) is 5.95 Å². The Labute approximate surface area is 248 Å². The van der Waals surface area contributed by atoms with Gasteiger partial charge in [-0.15, -0.1) is 0 Å². The highest BCUT2D eigenvalue weighted by atomic mass is 32.7. The van der Waals surface area contributed by atoms with Crippen LogP contribution in [-0.4, -0.2) is 70.1 Å². The van der Waals surface area contributed by atoms with Crippen LogP contribution in [0.3, 0.4) is 0 Å². The van der Waals surface area contributed by atoms with Crippen molar-refractivity contribution in [3.8, 4) is 0 Å². The minimum Gasteiger partial charge on any atom is -0.382 e. The van der Waals surface area contributed by atoms with Gasteiger partial charge >= 0.3 is 6.80 Å². The predicted molar refractivity (Wildman–Crippen MR) is 154 cm³/mol. The Kier molecular flexibility index (Phi) is 7.17. The largest absolute Gasteiger partial charge is 0.386 e. The number of H-pyrrole nitrogens is 1. The number of halogens is 1. The first-order chi connectivity index (χ1) is 20.6. The maximum Gasteiger partial charge on any atom is 0.386 e. The van der Waals surface area contributed by atoms with Gasteiger partial charge in [-0.2, -0.15) is 4.98 Å². The lowest BCUT2D eigenvalue weighted by molar-refractivity contribution is -0.0402. The molecule has 7 heterocycles. The quantitative estimate of drug-likeness (QED) is 0.188. The van der Waals surface area contributed by atoms with E-state index < -0.39 is 49.3 Å². The van der Waals surface area contributed by atoms with E-state index in [9.17, 15) is 9.36 Å². The van der Waals surface area contributed by atoms with E-state index in [4.69, 9.17) is 30.0 Å². The van der Waals surface area contributed by atoms with Gasteiger partial charge in [-0.1, -0.05) is 25.6 Å². The fraction of sp³-hybridized carbons (Fsp3) is 0.583. The molecule has 0 spiro atoms. The normalized spacial score (nSPS) is 35.1. The van der Waals surface area contributed by atoms with E-state index in [1.54, 1.807) is 6.33 Å². The first-order valence-electron chi connectivity index (χ1n) is 13.9. The third-order valence-electron chi connectivity index (χ3n) is 8.51. The molecule has 230 valence electrons. The van der Waals surface area contributed by atoms with Crippen molar-refractivity contribution < 1.29 is 27.5 Å². The molecule has 3 saturated heterocycles. The maximum absolute atomic E-state index is 15.9. The smallest absolute Gasteiger partial charge is 0.382 e. The molecule has 19 heteroatoms. The Bertz CT molecular complexity index is 1790. The lowest BCUT2D eigenvalue weighted by Gasteiger charge is -2.27. The average Bonchev–Trinajstić information content (AvgIpc) is 3.72. The molecule has 7 rings (SSSR count). The molecule has 1 unspecified atom stereocenters. The third-order valence-corrected chi connectivity index (χ3v) is 10.1. The van der Waals surface area contributed by atoms with Gasteiger partial charge in [-0.05, 0) is 25.2 Å². The van der Waals surface area contributed by atoms with E-state index >= 15 is 4.39 Å². The zero-order chi connectivity index (χ0) is 30.0. The highest BCUT2D eigenvalue weighted by Crippen LogP contribution is 2.58. The third kappa shape index (κ3) is 4.89. The molecular formula is C24H30FN10O6PS. The summed E-state index contributed by atoms with van der Waals surface area (Å²) >= 11 is 4.18. The SMILES string of the molecule is CC[C@@H]1[C@@H]2CCC[C@H]3O[C@@H](n4cnc5c(=O)[nH]c(N)nc54)[C@H](OP(=O)(S)OC[C@H]2O[C@H]1n1cnc2c(N)ncnc21)[C@@H]3F. The summed E-state index contributed by atoms with van der Waals surface area (Å²) in [7, 11) is 0. The van der Waals surface area contributed by atoms with Gasteiger partial charge in [-0.25, -0.2) is 28.9 Å². The van der Waals surface area contributed by atoms with E-state index in [2.05, 4.69) is 49.1 Å². The van der Waals surface area contributed by atoms with Crippen molar-refractivity contribution in [2.75, 3.05) is 18.1 Å². The number of fused-ring (bicyclic) bond motifs is 5. The van der Waals surface area contributed by atoms with Gasteiger partial charge in [0.05, 0.1) is 31.5 Å².